The minimum absolute atomic E-state index is 0.0440. The second-order valence-electron chi connectivity index (χ2n) is 3.21. The number of anilines is 1. The molecule has 1 amide bonds. The third-order valence-corrected chi connectivity index (χ3v) is 2.33. The first-order chi connectivity index (χ1) is 6.72. The van der Waals surface area contributed by atoms with Crippen LogP contribution < -0.4 is 10.9 Å². The van der Waals surface area contributed by atoms with Crippen molar-refractivity contribution in [2.45, 2.75) is 26.3 Å². The first kappa shape index (κ1) is 8.93. The molecule has 2 heterocycles. The Morgan fingerprint density at radius 1 is 1.50 bits per heavy atom. The fraction of sp³-hybridized carbons (Fsp3) is 0.444. The van der Waals surface area contributed by atoms with E-state index in [-0.39, 0.29) is 11.5 Å². The minimum Gasteiger partial charge on any atom is -0.310 e. The molecule has 0 unspecified atom stereocenters. The summed E-state index contributed by atoms with van der Waals surface area (Å²) >= 11 is 0. The van der Waals surface area contributed by atoms with E-state index in [0.29, 0.717) is 30.8 Å². The van der Waals surface area contributed by atoms with Crippen LogP contribution in [0.15, 0.2) is 11.1 Å². The molecule has 5 heteroatoms. The third-order valence-electron chi connectivity index (χ3n) is 2.33. The Balaban J connectivity index is 2.54. The van der Waals surface area contributed by atoms with Gasteiger partial charge in [0.05, 0.1) is 11.9 Å². The van der Waals surface area contributed by atoms with Crippen molar-refractivity contribution in [3.05, 3.63) is 22.2 Å². The van der Waals surface area contributed by atoms with Crippen LogP contribution in [0.3, 0.4) is 0 Å². The van der Waals surface area contributed by atoms with Crippen LogP contribution in [-0.4, -0.2) is 15.5 Å². The van der Waals surface area contributed by atoms with Gasteiger partial charge in [0, 0.05) is 13.0 Å². The Morgan fingerprint density at radius 2 is 2.29 bits per heavy atom. The summed E-state index contributed by atoms with van der Waals surface area (Å²) in [5.41, 5.74) is 0.575. The first-order valence-corrected chi connectivity index (χ1v) is 4.60. The van der Waals surface area contributed by atoms with Crippen LogP contribution in [0, 0.1) is 0 Å². The number of nitrogens with zero attached hydrogens (tertiary/aromatic N) is 2. The first-order valence-electron chi connectivity index (χ1n) is 4.60. The molecular weight excluding hydrogens is 182 g/mol. The van der Waals surface area contributed by atoms with E-state index in [0.717, 1.165) is 0 Å². The number of carbonyl (C=O) groups excluding carboxylic acids is 1. The van der Waals surface area contributed by atoms with Gasteiger partial charge in [-0.2, -0.15) is 0 Å². The lowest BCUT2D eigenvalue weighted by Gasteiger charge is -2.15. The summed E-state index contributed by atoms with van der Waals surface area (Å²) in [5, 5.41) is 2.59. The van der Waals surface area contributed by atoms with Crippen molar-refractivity contribution in [3.8, 4) is 0 Å². The fourth-order valence-electron chi connectivity index (χ4n) is 1.52. The van der Waals surface area contributed by atoms with E-state index in [2.05, 4.69) is 10.3 Å². The molecule has 74 valence electrons. The monoisotopic (exact) mass is 193 g/mol. The minimum atomic E-state index is -0.0707. The average Bonchev–Trinajstić information content (AvgIpc) is 2.18. The molecule has 0 spiro atoms. The van der Waals surface area contributed by atoms with E-state index in [1.807, 2.05) is 6.92 Å². The van der Waals surface area contributed by atoms with Gasteiger partial charge in [-0.1, -0.05) is 0 Å². The topological polar surface area (TPSA) is 64.0 Å². The summed E-state index contributed by atoms with van der Waals surface area (Å²) in [6, 6.07) is 0. The van der Waals surface area contributed by atoms with E-state index in [4.69, 9.17) is 0 Å². The predicted molar refractivity (Wildman–Crippen MR) is 51.1 cm³/mol. The van der Waals surface area contributed by atoms with Crippen LogP contribution in [0.1, 0.15) is 18.9 Å². The predicted octanol–water partition coefficient (Wildman–Crippen LogP) is 0.148. The Hall–Kier alpha value is -1.65. The third kappa shape index (κ3) is 1.30. The molecule has 2 rings (SSSR count). The van der Waals surface area contributed by atoms with Gasteiger partial charge in [0.2, 0.25) is 5.91 Å². The molecule has 0 bridgehead atoms. The molecule has 14 heavy (non-hydrogen) atoms. The molecule has 0 saturated carbocycles. The van der Waals surface area contributed by atoms with Crippen molar-refractivity contribution in [3.63, 3.8) is 0 Å². The molecule has 1 aromatic rings. The van der Waals surface area contributed by atoms with Crippen LogP contribution in [0.25, 0.3) is 0 Å². The number of aromatic nitrogens is 2. The number of hydrogen-bond acceptors (Lipinski definition) is 3. The molecule has 5 nitrogen and oxygen atoms in total. The van der Waals surface area contributed by atoms with Gasteiger partial charge >= 0.3 is 0 Å². The van der Waals surface area contributed by atoms with E-state index in [9.17, 15) is 9.59 Å². The Morgan fingerprint density at radius 3 is 3.00 bits per heavy atom. The van der Waals surface area contributed by atoms with Gasteiger partial charge < -0.3 is 5.32 Å². The highest BCUT2D eigenvalue weighted by atomic mass is 16.2. The van der Waals surface area contributed by atoms with Gasteiger partial charge in [-0.25, -0.2) is 4.98 Å². The normalized spacial score (nSPS) is 14.8. The Bertz CT molecular complexity index is 436. The number of carbonyl (C=O) groups is 1. The maximum Gasteiger partial charge on any atom is 0.258 e. The van der Waals surface area contributed by atoms with E-state index >= 15 is 0 Å². The van der Waals surface area contributed by atoms with Crippen LogP contribution in [0.4, 0.5) is 5.82 Å². The van der Waals surface area contributed by atoms with Crippen molar-refractivity contribution in [2.24, 2.45) is 0 Å². The molecular formula is C9H11N3O2. The highest BCUT2D eigenvalue weighted by molar-refractivity contribution is 5.92. The summed E-state index contributed by atoms with van der Waals surface area (Å²) < 4.78 is 1.54. The lowest BCUT2D eigenvalue weighted by Crippen LogP contribution is -2.30. The maximum atomic E-state index is 11.7. The lowest BCUT2D eigenvalue weighted by molar-refractivity contribution is -0.116. The molecule has 1 aromatic heterocycles. The molecule has 0 aliphatic carbocycles. The van der Waals surface area contributed by atoms with Crippen molar-refractivity contribution in [1.82, 2.24) is 9.55 Å². The van der Waals surface area contributed by atoms with E-state index in [1.54, 1.807) is 0 Å². The summed E-state index contributed by atoms with van der Waals surface area (Å²) in [6.45, 7) is 2.49. The smallest absolute Gasteiger partial charge is 0.258 e. The molecule has 1 aliphatic rings. The van der Waals surface area contributed by atoms with Gasteiger partial charge in [0.15, 0.2) is 0 Å². The molecule has 0 fully saturated rings. The molecule has 1 N–H and O–H groups in total. The zero-order valence-electron chi connectivity index (χ0n) is 7.91. The number of rotatable bonds is 1. The van der Waals surface area contributed by atoms with Crippen molar-refractivity contribution >= 4 is 11.7 Å². The Labute approximate surface area is 80.8 Å². The largest absolute Gasteiger partial charge is 0.310 e. The summed E-state index contributed by atoms with van der Waals surface area (Å²) in [6.07, 6.45) is 2.33. The lowest BCUT2D eigenvalue weighted by atomic mass is 10.1. The van der Waals surface area contributed by atoms with Gasteiger partial charge in [-0.3, -0.25) is 14.2 Å². The molecule has 0 saturated heterocycles. The average molecular weight is 193 g/mol. The Kier molecular flexibility index (Phi) is 2.07. The molecule has 0 atom stereocenters. The van der Waals surface area contributed by atoms with Gasteiger partial charge in [-0.15, -0.1) is 0 Å². The number of aryl methyl sites for hydroxylation is 1. The number of fused-ring (bicyclic) bond motifs is 1. The highest BCUT2D eigenvalue weighted by Crippen LogP contribution is 2.14. The quantitative estimate of drug-likeness (QED) is 0.690. The van der Waals surface area contributed by atoms with E-state index in [1.165, 1.54) is 10.9 Å². The van der Waals surface area contributed by atoms with Crippen molar-refractivity contribution < 1.29 is 4.79 Å². The molecule has 1 aliphatic heterocycles. The summed E-state index contributed by atoms with van der Waals surface area (Å²) in [5.74, 6) is 0.356. The van der Waals surface area contributed by atoms with E-state index < -0.39 is 0 Å². The second kappa shape index (κ2) is 3.25. The zero-order chi connectivity index (χ0) is 10.1. The number of amides is 1. The van der Waals surface area contributed by atoms with Crippen LogP contribution in [0.2, 0.25) is 0 Å². The highest BCUT2D eigenvalue weighted by Gasteiger charge is 2.19. The number of hydrogen-bond donors (Lipinski definition) is 1. The summed E-state index contributed by atoms with van der Waals surface area (Å²) in [7, 11) is 0. The van der Waals surface area contributed by atoms with Crippen LogP contribution in [0.5, 0.6) is 0 Å². The molecule has 0 radical (unpaired) electrons. The van der Waals surface area contributed by atoms with Crippen molar-refractivity contribution in [1.29, 1.82) is 0 Å². The van der Waals surface area contributed by atoms with Gasteiger partial charge in [0.25, 0.3) is 5.56 Å². The van der Waals surface area contributed by atoms with Crippen LogP contribution in [-0.2, 0) is 17.8 Å². The van der Waals surface area contributed by atoms with Crippen molar-refractivity contribution in [2.75, 3.05) is 5.32 Å². The van der Waals surface area contributed by atoms with Gasteiger partial charge in [-0.05, 0) is 13.3 Å². The fourth-order valence-corrected chi connectivity index (χ4v) is 1.52. The standard InChI is InChI=1S/C9H11N3O2/c1-2-12-5-10-8-6(9(12)14)3-4-7(13)11-8/h5H,2-4H2,1H3,(H,11,13). The summed E-state index contributed by atoms with van der Waals surface area (Å²) in [4.78, 5) is 26.8. The number of nitrogens with one attached hydrogen (secondary N) is 1. The molecule has 0 aromatic carbocycles. The van der Waals surface area contributed by atoms with Gasteiger partial charge in [0.1, 0.15) is 5.82 Å². The SMILES string of the molecule is CCn1cnc2c(c1=O)CCC(=O)N2. The zero-order valence-corrected chi connectivity index (χ0v) is 7.91. The second-order valence-corrected chi connectivity index (χ2v) is 3.21. The maximum absolute atomic E-state index is 11.7. The van der Waals surface area contributed by atoms with Crippen LogP contribution >= 0.6 is 0 Å².